The summed E-state index contributed by atoms with van der Waals surface area (Å²) in [6.45, 7) is 0.342. The first-order valence-corrected chi connectivity index (χ1v) is 8.99. The number of hydrogen-bond acceptors (Lipinski definition) is 5. The number of anilines is 1. The van der Waals surface area contributed by atoms with Crippen LogP contribution in [-0.4, -0.2) is 27.0 Å². The minimum Gasteiger partial charge on any atom is -0.386 e. The lowest BCUT2D eigenvalue weighted by Gasteiger charge is -2.09. The Bertz CT molecular complexity index is 686. The predicted molar refractivity (Wildman–Crippen MR) is 84.7 cm³/mol. The molecule has 0 aliphatic heterocycles. The Labute approximate surface area is 130 Å². The minimum absolute atomic E-state index is 0.0230. The number of halogens is 1. The molecule has 0 saturated heterocycles. The molecule has 0 aliphatic rings. The molecular formula is C12H14BrN3O2S2. The van der Waals surface area contributed by atoms with Crippen LogP contribution in [0.25, 0.3) is 0 Å². The van der Waals surface area contributed by atoms with Gasteiger partial charge in [-0.2, -0.15) is 0 Å². The molecule has 5 nitrogen and oxygen atoms in total. The smallest absolute Gasteiger partial charge is 0.260 e. The monoisotopic (exact) mass is 375 g/mol. The maximum absolute atomic E-state index is 12.2. The molecular weight excluding hydrogens is 362 g/mol. The molecule has 0 radical (unpaired) electrons. The molecule has 2 rings (SSSR count). The Kier molecular flexibility index (Phi) is 5.14. The fraction of sp³-hybridized carbons (Fsp3) is 0.250. The van der Waals surface area contributed by atoms with Crippen molar-refractivity contribution in [1.82, 2.24) is 9.71 Å². The molecule has 8 heteroatoms. The molecule has 2 heterocycles. The van der Waals surface area contributed by atoms with Gasteiger partial charge in [0.05, 0.1) is 9.47 Å². The van der Waals surface area contributed by atoms with E-state index in [4.69, 9.17) is 0 Å². The van der Waals surface area contributed by atoms with E-state index in [0.717, 1.165) is 8.66 Å². The Morgan fingerprint density at radius 1 is 1.35 bits per heavy atom. The maximum Gasteiger partial charge on any atom is 0.260 e. The number of thiophene rings is 1. The second-order valence-electron chi connectivity index (χ2n) is 3.96. The van der Waals surface area contributed by atoms with Crippen molar-refractivity contribution in [2.45, 2.75) is 11.4 Å². The van der Waals surface area contributed by atoms with Crippen LogP contribution < -0.4 is 10.0 Å². The first-order chi connectivity index (χ1) is 9.53. The molecule has 0 fully saturated rings. The van der Waals surface area contributed by atoms with E-state index >= 15 is 0 Å². The zero-order valence-corrected chi connectivity index (χ0v) is 14.0. The first-order valence-electron chi connectivity index (χ1n) is 5.89. The fourth-order valence-corrected chi connectivity index (χ4v) is 4.31. The Morgan fingerprint density at radius 3 is 2.80 bits per heavy atom. The van der Waals surface area contributed by atoms with E-state index in [-0.39, 0.29) is 5.03 Å². The molecule has 0 amide bonds. The Balaban J connectivity index is 2.04. The number of aromatic nitrogens is 1. The lowest BCUT2D eigenvalue weighted by atomic mass is 10.3. The van der Waals surface area contributed by atoms with E-state index in [1.54, 1.807) is 30.5 Å². The SMILES string of the molecule is CNc1cccnc1S(=O)(=O)NCCc1ccc(Br)s1. The van der Waals surface area contributed by atoms with Gasteiger partial charge in [-0.25, -0.2) is 18.1 Å². The van der Waals surface area contributed by atoms with E-state index in [1.165, 1.54) is 6.20 Å². The summed E-state index contributed by atoms with van der Waals surface area (Å²) in [5, 5.41) is 2.85. The summed E-state index contributed by atoms with van der Waals surface area (Å²) in [4.78, 5) is 5.05. The van der Waals surface area contributed by atoms with Gasteiger partial charge in [-0.3, -0.25) is 0 Å². The number of nitrogens with zero attached hydrogens (tertiary/aromatic N) is 1. The number of pyridine rings is 1. The standard InChI is InChI=1S/C12H14BrN3O2S2/c1-14-10-3-2-7-15-12(10)20(17,18)16-8-6-9-4-5-11(13)19-9/h2-5,7,14,16H,6,8H2,1H3. The van der Waals surface area contributed by atoms with Crippen LogP contribution in [0.15, 0.2) is 39.3 Å². The molecule has 2 aromatic rings. The summed E-state index contributed by atoms with van der Waals surface area (Å²) in [6, 6.07) is 7.29. The van der Waals surface area contributed by atoms with Crippen LogP contribution in [0.4, 0.5) is 5.69 Å². The zero-order chi connectivity index (χ0) is 14.6. The van der Waals surface area contributed by atoms with Gasteiger partial charge in [0.15, 0.2) is 5.03 Å². The van der Waals surface area contributed by atoms with Crippen LogP contribution in [0.5, 0.6) is 0 Å². The van der Waals surface area contributed by atoms with Gasteiger partial charge in [0, 0.05) is 24.7 Å². The summed E-state index contributed by atoms with van der Waals surface area (Å²) >= 11 is 4.98. The van der Waals surface area contributed by atoms with Crippen LogP contribution >= 0.6 is 27.3 Å². The summed E-state index contributed by atoms with van der Waals surface area (Å²) in [6.07, 6.45) is 2.11. The van der Waals surface area contributed by atoms with Crippen LogP contribution in [0, 0.1) is 0 Å². The highest BCUT2D eigenvalue weighted by Gasteiger charge is 2.18. The summed E-state index contributed by atoms with van der Waals surface area (Å²) in [7, 11) is -1.93. The maximum atomic E-state index is 12.2. The van der Waals surface area contributed by atoms with Gasteiger partial charge in [-0.05, 0) is 46.6 Å². The van der Waals surface area contributed by atoms with Gasteiger partial charge in [-0.15, -0.1) is 11.3 Å². The van der Waals surface area contributed by atoms with Gasteiger partial charge < -0.3 is 5.32 Å². The Hall–Kier alpha value is -0.960. The van der Waals surface area contributed by atoms with Gasteiger partial charge in [0.25, 0.3) is 10.0 Å². The molecule has 0 atom stereocenters. The quantitative estimate of drug-likeness (QED) is 0.813. The predicted octanol–water partition coefficient (Wildman–Crippen LogP) is 2.47. The highest BCUT2D eigenvalue weighted by atomic mass is 79.9. The highest BCUT2D eigenvalue weighted by molar-refractivity contribution is 9.11. The Morgan fingerprint density at radius 2 is 2.15 bits per heavy atom. The van der Waals surface area contributed by atoms with Gasteiger partial charge in [0.1, 0.15) is 0 Å². The second kappa shape index (κ2) is 6.66. The van der Waals surface area contributed by atoms with Crippen molar-refractivity contribution in [3.05, 3.63) is 39.1 Å². The van der Waals surface area contributed by atoms with Crippen molar-refractivity contribution in [2.24, 2.45) is 0 Å². The molecule has 0 unspecified atom stereocenters. The van der Waals surface area contributed by atoms with Crippen LogP contribution in [0.1, 0.15) is 4.88 Å². The van der Waals surface area contributed by atoms with Crippen molar-refractivity contribution in [3.8, 4) is 0 Å². The van der Waals surface area contributed by atoms with Crippen molar-refractivity contribution in [1.29, 1.82) is 0 Å². The first kappa shape index (κ1) is 15.4. The van der Waals surface area contributed by atoms with E-state index in [1.807, 2.05) is 12.1 Å². The molecule has 0 bridgehead atoms. The van der Waals surface area contributed by atoms with E-state index < -0.39 is 10.0 Å². The molecule has 20 heavy (non-hydrogen) atoms. The molecule has 0 saturated carbocycles. The summed E-state index contributed by atoms with van der Waals surface area (Å²) in [5.74, 6) is 0. The minimum atomic E-state index is -3.60. The summed E-state index contributed by atoms with van der Waals surface area (Å²) in [5.41, 5.74) is 0.485. The molecule has 0 spiro atoms. The molecule has 2 N–H and O–H groups in total. The van der Waals surface area contributed by atoms with Crippen molar-refractivity contribution >= 4 is 43.0 Å². The third kappa shape index (κ3) is 3.78. The summed E-state index contributed by atoms with van der Waals surface area (Å²) < 4.78 is 28.0. The number of sulfonamides is 1. The van der Waals surface area contributed by atoms with Gasteiger partial charge >= 0.3 is 0 Å². The molecule has 0 aliphatic carbocycles. The van der Waals surface area contributed by atoms with Gasteiger partial charge in [0.2, 0.25) is 0 Å². The third-order valence-electron chi connectivity index (χ3n) is 2.59. The fourth-order valence-electron chi connectivity index (χ4n) is 1.66. The highest BCUT2D eigenvalue weighted by Crippen LogP contribution is 2.22. The van der Waals surface area contributed by atoms with E-state index in [2.05, 4.69) is 31.0 Å². The third-order valence-corrected chi connectivity index (χ3v) is 5.69. The van der Waals surface area contributed by atoms with Gasteiger partial charge in [-0.1, -0.05) is 0 Å². The lowest BCUT2D eigenvalue weighted by molar-refractivity contribution is 0.578. The second-order valence-corrected chi connectivity index (χ2v) is 8.19. The van der Waals surface area contributed by atoms with E-state index in [9.17, 15) is 8.42 Å². The van der Waals surface area contributed by atoms with Crippen LogP contribution in [-0.2, 0) is 16.4 Å². The molecule has 108 valence electrons. The largest absolute Gasteiger partial charge is 0.386 e. The van der Waals surface area contributed by atoms with Crippen LogP contribution in [0.3, 0.4) is 0 Å². The number of hydrogen-bond donors (Lipinski definition) is 2. The lowest BCUT2D eigenvalue weighted by Crippen LogP contribution is -2.27. The van der Waals surface area contributed by atoms with Crippen LogP contribution in [0.2, 0.25) is 0 Å². The zero-order valence-electron chi connectivity index (χ0n) is 10.8. The normalized spacial score (nSPS) is 11.5. The van der Waals surface area contributed by atoms with E-state index in [0.29, 0.717) is 18.7 Å². The average molecular weight is 376 g/mol. The molecule has 0 aromatic carbocycles. The topological polar surface area (TPSA) is 71.1 Å². The van der Waals surface area contributed by atoms with Crippen molar-refractivity contribution in [3.63, 3.8) is 0 Å². The van der Waals surface area contributed by atoms with Crippen molar-refractivity contribution < 1.29 is 8.42 Å². The molecule has 2 aromatic heterocycles. The number of nitrogens with one attached hydrogen (secondary N) is 2. The number of rotatable bonds is 6. The van der Waals surface area contributed by atoms with Crippen molar-refractivity contribution in [2.75, 3.05) is 18.9 Å². The average Bonchev–Trinajstić information content (AvgIpc) is 2.84.